The van der Waals surface area contributed by atoms with E-state index in [9.17, 15) is 4.79 Å². The average Bonchev–Trinajstić information content (AvgIpc) is 2.83. The Balaban J connectivity index is 1.39. The Kier molecular flexibility index (Phi) is 6.47. The van der Waals surface area contributed by atoms with E-state index in [2.05, 4.69) is 10.5 Å². The van der Waals surface area contributed by atoms with Crippen LogP contribution in [0.2, 0.25) is 0 Å². The smallest absolute Gasteiger partial charge is 0.261 e. The van der Waals surface area contributed by atoms with Crippen molar-refractivity contribution in [2.24, 2.45) is 5.16 Å². The number of hydrogen-bond acceptors (Lipinski definition) is 5. The van der Waals surface area contributed by atoms with E-state index in [4.69, 9.17) is 14.3 Å². The molecule has 6 nitrogen and oxygen atoms in total. The van der Waals surface area contributed by atoms with E-state index in [1.807, 2.05) is 85.8 Å². The van der Waals surface area contributed by atoms with Gasteiger partial charge in [-0.25, -0.2) is 0 Å². The van der Waals surface area contributed by atoms with Crippen LogP contribution in [-0.2, 0) is 9.63 Å². The molecule has 6 heteroatoms. The normalized spacial score (nSPS) is 13.0. The van der Waals surface area contributed by atoms with Gasteiger partial charge in [0.2, 0.25) is 0 Å². The molecule has 0 unspecified atom stereocenters. The summed E-state index contributed by atoms with van der Waals surface area (Å²) in [5.41, 5.74) is 3.49. The highest BCUT2D eigenvalue weighted by molar-refractivity contribution is 5.99. The molecular weight excluding hydrogens is 392 g/mol. The van der Waals surface area contributed by atoms with E-state index in [-0.39, 0.29) is 18.6 Å². The molecule has 158 valence electrons. The van der Waals surface area contributed by atoms with Crippen molar-refractivity contribution in [3.05, 3.63) is 95.6 Å². The van der Waals surface area contributed by atoms with Gasteiger partial charge in [-0.15, -0.1) is 0 Å². The molecule has 3 aromatic carbocycles. The number of oxime groups is 1. The van der Waals surface area contributed by atoms with Crippen LogP contribution in [-0.4, -0.2) is 31.4 Å². The molecule has 0 bridgehead atoms. The predicted molar refractivity (Wildman–Crippen MR) is 118 cm³/mol. The van der Waals surface area contributed by atoms with Crippen LogP contribution in [0, 0.1) is 0 Å². The summed E-state index contributed by atoms with van der Waals surface area (Å²) in [6.45, 7) is 2.70. The van der Waals surface area contributed by atoms with Crippen molar-refractivity contribution < 1.29 is 19.1 Å². The third-order valence-electron chi connectivity index (χ3n) is 4.93. The first-order valence-corrected chi connectivity index (χ1v) is 10.2. The Bertz CT molecular complexity index is 1010. The summed E-state index contributed by atoms with van der Waals surface area (Å²) >= 11 is 0. The largest absolute Gasteiger partial charge is 0.486 e. The molecule has 0 saturated heterocycles. The molecule has 1 aliphatic heterocycles. The first kappa shape index (κ1) is 20.5. The lowest BCUT2D eigenvalue weighted by Gasteiger charge is -2.19. The van der Waals surface area contributed by atoms with Gasteiger partial charge in [-0.3, -0.25) is 4.79 Å². The molecule has 1 aliphatic rings. The van der Waals surface area contributed by atoms with Crippen molar-refractivity contribution in [3.8, 4) is 11.5 Å². The van der Waals surface area contributed by atoms with Crippen LogP contribution in [0.3, 0.4) is 0 Å². The number of ether oxygens (including phenoxy) is 2. The summed E-state index contributed by atoms with van der Waals surface area (Å²) in [5, 5.41) is 7.13. The van der Waals surface area contributed by atoms with Crippen molar-refractivity contribution in [2.45, 2.75) is 13.0 Å². The summed E-state index contributed by atoms with van der Waals surface area (Å²) in [6, 6.07) is 25.0. The number of nitrogens with one attached hydrogen (secondary N) is 1. The van der Waals surface area contributed by atoms with Crippen molar-refractivity contribution in [3.63, 3.8) is 0 Å². The van der Waals surface area contributed by atoms with Crippen LogP contribution in [0.15, 0.2) is 84.0 Å². The number of benzene rings is 3. The Labute approximate surface area is 181 Å². The second-order valence-corrected chi connectivity index (χ2v) is 7.13. The Morgan fingerprint density at radius 1 is 0.935 bits per heavy atom. The Hall–Kier alpha value is -3.80. The molecule has 0 radical (unpaired) electrons. The van der Waals surface area contributed by atoms with Crippen LogP contribution in [0.1, 0.15) is 29.7 Å². The van der Waals surface area contributed by atoms with Crippen molar-refractivity contribution in [2.75, 3.05) is 19.8 Å². The molecule has 0 saturated carbocycles. The second kappa shape index (κ2) is 9.80. The summed E-state index contributed by atoms with van der Waals surface area (Å²) in [5.74, 6) is 1.15. The van der Waals surface area contributed by atoms with Crippen molar-refractivity contribution >= 4 is 11.6 Å². The van der Waals surface area contributed by atoms with Crippen LogP contribution in [0.4, 0.5) is 0 Å². The fourth-order valence-electron chi connectivity index (χ4n) is 3.36. The maximum Gasteiger partial charge on any atom is 0.261 e. The van der Waals surface area contributed by atoms with Crippen LogP contribution >= 0.6 is 0 Å². The molecule has 3 aromatic rings. The van der Waals surface area contributed by atoms with Gasteiger partial charge in [-0.2, -0.15) is 0 Å². The molecule has 1 heterocycles. The first-order valence-electron chi connectivity index (χ1n) is 10.2. The van der Waals surface area contributed by atoms with Gasteiger partial charge in [-0.1, -0.05) is 65.8 Å². The number of carbonyl (C=O) groups excluding carboxylic acids is 1. The number of carbonyl (C=O) groups is 1. The van der Waals surface area contributed by atoms with E-state index in [1.165, 1.54) is 0 Å². The third kappa shape index (κ3) is 5.22. The molecule has 0 fully saturated rings. The zero-order valence-electron chi connectivity index (χ0n) is 17.3. The van der Waals surface area contributed by atoms with Gasteiger partial charge in [0.05, 0.1) is 11.8 Å². The van der Waals surface area contributed by atoms with Gasteiger partial charge in [0, 0.05) is 5.56 Å². The lowest BCUT2D eigenvalue weighted by atomic mass is 9.99. The van der Waals surface area contributed by atoms with Crippen LogP contribution in [0.25, 0.3) is 0 Å². The van der Waals surface area contributed by atoms with Crippen LogP contribution < -0.4 is 14.8 Å². The van der Waals surface area contributed by atoms with Gasteiger partial charge in [0.25, 0.3) is 5.91 Å². The second-order valence-electron chi connectivity index (χ2n) is 7.13. The SMILES string of the molecule is C/C(=N\OCC(=O)NC(c1ccccc1)c1ccccc1)c1ccc2c(c1)OCCO2. The Morgan fingerprint density at radius 3 is 2.19 bits per heavy atom. The molecule has 31 heavy (non-hydrogen) atoms. The minimum Gasteiger partial charge on any atom is -0.486 e. The fraction of sp³-hybridized carbons (Fsp3) is 0.200. The van der Waals surface area contributed by atoms with E-state index >= 15 is 0 Å². The number of hydrogen-bond donors (Lipinski definition) is 1. The molecule has 0 spiro atoms. The fourth-order valence-corrected chi connectivity index (χ4v) is 3.36. The molecule has 0 atom stereocenters. The Morgan fingerprint density at radius 2 is 1.55 bits per heavy atom. The van der Waals surface area contributed by atoms with E-state index in [1.54, 1.807) is 0 Å². The number of amides is 1. The lowest BCUT2D eigenvalue weighted by Crippen LogP contribution is -2.32. The lowest BCUT2D eigenvalue weighted by molar-refractivity contribution is -0.126. The number of rotatable bonds is 7. The van der Waals surface area contributed by atoms with E-state index in [0.717, 1.165) is 22.4 Å². The van der Waals surface area contributed by atoms with Gasteiger partial charge in [0.15, 0.2) is 18.1 Å². The highest BCUT2D eigenvalue weighted by Crippen LogP contribution is 2.31. The third-order valence-corrected chi connectivity index (χ3v) is 4.93. The average molecular weight is 416 g/mol. The zero-order chi connectivity index (χ0) is 21.5. The molecule has 1 N–H and O–H groups in total. The summed E-state index contributed by atoms with van der Waals surface area (Å²) in [7, 11) is 0. The molecule has 1 amide bonds. The monoisotopic (exact) mass is 416 g/mol. The summed E-state index contributed by atoms with van der Waals surface area (Å²) in [6.07, 6.45) is 0. The highest BCUT2D eigenvalue weighted by Gasteiger charge is 2.17. The first-order chi connectivity index (χ1) is 15.2. The maximum absolute atomic E-state index is 12.6. The van der Waals surface area contributed by atoms with E-state index < -0.39 is 0 Å². The minimum absolute atomic E-state index is 0.182. The summed E-state index contributed by atoms with van der Waals surface area (Å²) < 4.78 is 11.1. The zero-order valence-corrected chi connectivity index (χ0v) is 17.3. The number of fused-ring (bicyclic) bond motifs is 1. The van der Waals surface area contributed by atoms with Crippen molar-refractivity contribution in [1.82, 2.24) is 5.32 Å². The van der Waals surface area contributed by atoms with Crippen LogP contribution in [0.5, 0.6) is 11.5 Å². The van der Waals surface area contributed by atoms with Gasteiger partial charge < -0.3 is 19.6 Å². The molecule has 4 rings (SSSR count). The molecule has 0 aromatic heterocycles. The van der Waals surface area contributed by atoms with Gasteiger partial charge in [-0.05, 0) is 36.2 Å². The standard InChI is InChI=1S/C25H24N2O4/c1-18(21-12-13-22-23(16-21)30-15-14-29-22)27-31-17-24(28)26-25(19-8-4-2-5-9-19)20-10-6-3-7-11-20/h2-13,16,25H,14-15,17H2,1H3,(H,26,28)/b27-18+. The molecular formula is C25H24N2O4. The van der Waals surface area contributed by atoms with Crippen molar-refractivity contribution in [1.29, 1.82) is 0 Å². The van der Waals surface area contributed by atoms with Gasteiger partial charge in [0.1, 0.15) is 13.2 Å². The highest BCUT2D eigenvalue weighted by atomic mass is 16.6. The van der Waals surface area contributed by atoms with E-state index in [0.29, 0.717) is 24.7 Å². The number of nitrogens with zero attached hydrogens (tertiary/aromatic N) is 1. The predicted octanol–water partition coefficient (Wildman–Crippen LogP) is 4.10. The summed E-state index contributed by atoms with van der Waals surface area (Å²) in [4.78, 5) is 17.9. The molecule has 0 aliphatic carbocycles. The minimum atomic E-state index is -0.263. The maximum atomic E-state index is 12.6. The van der Waals surface area contributed by atoms with Gasteiger partial charge >= 0.3 is 0 Å². The quantitative estimate of drug-likeness (QED) is 0.465. The topological polar surface area (TPSA) is 69.2 Å².